The van der Waals surface area contributed by atoms with Crippen molar-refractivity contribution in [2.45, 2.75) is 25.7 Å². The summed E-state index contributed by atoms with van der Waals surface area (Å²) in [5, 5.41) is 0. The fourth-order valence-corrected chi connectivity index (χ4v) is 2.37. The molecule has 0 radical (unpaired) electrons. The summed E-state index contributed by atoms with van der Waals surface area (Å²) in [5.74, 6) is -0.683. The normalized spacial score (nSPS) is 15.8. The number of hydrogen-bond acceptors (Lipinski definition) is 4. The molecule has 0 aromatic heterocycles. The number of hydrogen-bond donors (Lipinski definition) is 1. The Hall–Kier alpha value is -1.88. The van der Waals surface area contributed by atoms with Crippen LogP contribution in [0.3, 0.4) is 0 Å². The van der Waals surface area contributed by atoms with Crippen molar-refractivity contribution in [3.8, 4) is 5.75 Å². The van der Waals surface area contributed by atoms with Crippen molar-refractivity contribution < 1.29 is 14.3 Å². The van der Waals surface area contributed by atoms with Crippen LogP contribution in [0.4, 0.5) is 0 Å². The molecule has 108 valence electrons. The van der Waals surface area contributed by atoms with Gasteiger partial charge in [0.15, 0.2) is 0 Å². The van der Waals surface area contributed by atoms with Crippen LogP contribution in [0.5, 0.6) is 5.75 Å². The predicted octanol–water partition coefficient (Wildman–Crippen LogP) is 1.57. The quantitative estimate of drug-likeness (QED) is 0.654. The highest BCUT2D eigenvalue weighted by Gasteiger charge is 2.15. The molecule has 0 spiro atoms. The first-order valence-corrected chi connectivity index (χ1v) is 6.98. The summed E-state index contributed by atoms with van der Waals surface area (Å²) < 4.78 is 5.23. The second kappa shape index (κ2) is 7.05. The average molecular weight is 276 g/mol. The lowest BCUT2D eigenvalue weighted by molar-refractivity contribution is -0.134. The Morgan fingerprint density at radius 3 is 2.55 bits per heavy atom. The molecule has 20 heavy (non-hydrogen) atoms. The number of primary amides is 1. The van der Waals surface area contributed by atoms with Crippen molar-refractivity contribution >= 4 is 11.9 Å². The van der Waals surface area contributed by atoms with Crippen LogP contribution in [-0.2, 0) is 4.79 Å². The smallest absolute Gasteiger partial charge is 0.312 e. The number of nitrogens with zero attached hydrogens (tertiary/aromatic N) is 1. The number of esters is 1. The van der Waals surface area contributed by atoms with Crippen LogP contribution < -0.4 is 10.5 Å². The highest BCUT2D eigenvalue weighted by atomic mass is 16.5. The van der Waals surface area contributed by atoms with E-state index in [2.05, 4.69) is 4.90 Å². The highest BCUT2D eigenvalue weighted by Crippen LogP contribution is 2.18. The van der Waals surface area contributed by atoms with Gasteiger partial charge in [0.1, 0.15) is 5.75 Å². The lowest BCUT2D eigenvalue weighted by atomic mass is 10.1. The minimum Gasteiger partial charge on any atom is -0.426 e. The third-order valence-electron chi connectivity index (χ3n) is 3.46. The molecule has 2 N–H and O–H groups in total. The summed E-state index contributed by atoms with van der Waals surface area (Å²) in [6.45, 7) is 2.80. The number of benzene rings is 1. The maximum absolute atomic E-state index is 11.8. The molecule has 1 aromatic carbocycles. The van der Waals surface area contributed by atoms with E-state index in [1.54, 1.807) is 24.3 Å². The molecule has 1 aliphatic rings. The van der Waals surface area contributed by atoms with Crippen LogP contribution in [0, 0.1) is 0 Å². The number of carbonyl (C=O) groups is 2. The number of amides is 1. The van der Waals surface area contributed by atoms with Gasteiger partial charge in [0.05, 0.1) is 12.0 Å². The standard InChI is InChI=1S/C15H20N2O3/c16-15(19)12-6-2-3-7-13(12)20-14(18)8-11-17-9-4-1-5-10-17/h2-3,6-7H,1,4-5,8-11H2,(H2,16,19). The topological polar surface area (TPSA) is 72.6 Å². The second-order valence-electron chi connectivity index (χ2n) is 4.99. The van der Waals surface area contributed by atoms with Gasteiger partial charge in [0.2, 0.25) is 0 Å². The van der Waals surface area contributed by atoms with Crippen molar-refractivity contribution in [3.05, 3.63) is 29.8 Å². The Bertz CT molecular complexity index is 482. The molecule has 1 aliphatic heterocycles. The van der Waals surface area contributed by atoms with E-state index in [9.17, 15) is 9.59 Å². The van der Waals surface area contributed by atoms with Gasteiger partial charge in [-0.15, -0.1) is 0 Å². The van der Waals surface area contributed by atoms with Crippen molar-refractivity contribution in [1.29, 1.82) is 0 Å². The first-order valence-electron chi connectivity index (χ1n) is 6.98. The molecule has 0 unspecified atom stereocenters. The van der Waals surface area contributed by atoms with E-state index < -0.39 is 5.91 Å². The molecule has 0 bridgehead atoms. The molecule has 0 atom stereocenters. The Labute approximate surface area is 118 Å². The van der Waals surface area contributed by atoms with Crippen LogP contribution in [0.2, 0.25) is 0 Å². The van der Waals surface area contributed by atoms with E-state index in [-0.39, 0.29) is 17.3 Å². The Morgan fingerprint density at radius 1 is 1.15 bits per heavy atom. The van der Waals surface area contributed by atoms with Crippen LogP contribution in [0.1, 0.15) is 36.0 Å². The van der Waals surface area contributed by atoms with E-state index in [0.717, 1.165) is 13.1 Å². The maximum atomic E-state index is 11.8. The third kappa shape index (κ3) is 4.06. The maximum Gasteiger partial charge on any atom is 0.312 e. The molecule has 5 nitrogen and oxygen atoms in total. The highest BCUT2D eigenvalue weighted by molar-refractivity contribution is 5.96. The van der Waals surface area contributed by atoms with Gasteiger partial charge in [-0.2, -0.15) is 0 Å². The number of carbonyl (C=O) groups excluding carboxylic acids is 2. The SMILES string of the molecule is NC(=O)c1ccccc1OC(=O)CCN1CCCCC1. The molecule has 0 aliphatic carbocycles. The molecule has 1 saturated heterocycles. The molecule has 1 fully saturated rings. The summed E-state index contributed by atoms with van der Waals surface area (Å²) in [6.07, 6.45) is 3.99. The second-order valence-corrected chi connectivity index (χ2v) is 4.99. The molecule has 1 aromatic rings. The number of para-hydroxylation sites is 1. The number of piperidine rings is 1. The summed E-state index contributed by atoms with van der Waals surface area (Å²) >= 11 is 0. The number of nitrogens with two attached hydrogens (primary N) is 1. The molecular weight excluding hydrogens is 256 g/mol. The van der Waals surface area contributed by atoms with E-state index in [1.807, 2.05) is 0 Å². The molecule has 5 heteroatoms. The van der Waals surface area contributed by atoms with Gasteiger partial charge >= 0.3 is 5.97 Å². The van der Waals surface area contributed by atoms with Gasteiger partial charge in [-0.3, -0.25) is 9.59 Å². The number of rotatable bonds is 5. The van der Waals surface area contributed by atoms with Gasteiger partial charge in [0.25, 0.3) is 5.91 Å². The summed E-state index contributed by atoms with van der Waals surface area (Å²) in [5.41, 5.74) is 5.48. The van der Waals surface area contributed by atoms with Crippen LogP contribution in [0.25, 0.3) is 0 Å². The van der Waals surface area contributed by atoms with E-state index >= 15 is 0 Å². The minimum atomic E-state index is -0.593. The van der Waals surface area contributed by atoms with Crippen LogP contribution >= 0.6 is 0 Å². The Morgan fingerprint density at radius 2 is 1.85 bits per heavy atom. The third-order valence-corrected chi connectivity index (χ3v) is 3.46. The zero-order valence-corrected chi connectivity index (χ0v) is 11.5. The van der Waals surface area contributed by atoms with E-state index in [0.29, 0.717) is 13.0 Å². The van der Waals surface area contributed by atoms with Crippen molar-refractivity contribution in [1.82, 2.24) is 4.90 Å². The van der Waals surface area contributed by atoms with E-state index in [4.69, 9.17) is 10.5 Å². The number of ether oxygens (including phenoxy) is 1. The zero-order valence-electron chi connectivity index (χ0n) is 11.5. The van der Waals surface area contributed by atoms with Crippen LogP contribution in [0.15, 0.2) is 24.3 Å². The lowest BCUT2D eigenvalue weighted by Crippen LogP contribution is -2.32. The fourth-order valence-electron chi connectivity index (χ4n) is 2.37. The van der Waals surface area contributed by atoms with E-state index in [1.165, 1.54) is 19.3 Å². The van der Waals surface area contributed by atoms with Crippen molar-refractivity contribution in [2.75, 3.05) is 19.6 Å². The lowest BCUT2D eigenvalue weighted by Gasteiger charge is -2.25. The molecule has 1 amide bonds. The van der Waals surface area contributed by atoms with Gasteiger partial charge in [0, 0.05) is 6.54 Å². The Kier molecular flexibility index (Phi) is 5.12. The molecule has 2 rings (SSSR count). The predicted molar refractivity (Wildman–Crippen MR) is 75.5 cm³/mol. The van der Waals surface area contributed by atoms with Gasteiger partial charge in [-0.25, -0.2) is 0 Å². The Balaban J connectivity index is 1.86. The molecule has 0 saturated carbocycles. The monoisotopic (exact) mass is 276 g/mol. The fraction of sp³-hybridized carbons (Fsp3) is 0.467. The van der Waals surface area contributed by atoms with Gasteiger partial charge in [-0.05, 0) is 38.1 Å². The summed E-state index contributed by atoms with van der Waals surface area (Å²) in [7, 11) is 0. The first-order chi connectivity index (χ1) is 9.66. The molecular formula is C15H20N2O3. The zero-order chi connectivity index (χ0) is 14.4. The van der Waals surface area contributed by atoms with Crippen LogP contribution in [-0.4, -0.2) is 36.4 Å². The summed E-state index contributed by atoms with van der Waals surface area (Å²) in [4.78, 5) is 25.3. The average Bonchev–Trinajstić information content (AvgIpc) is 2.46. The number of likely N-dealkylation sites (tertiary alicyclic amines) is 1. The van der Waals surface area contributed by atoms with Crippen molar-refractivity contribution in [3.63, 3.8) is 0 Å². The largest absolute Gasteiger partial charge is 0.426 e. The molecule has 1 heterocycles. The van der Waals surface area contributed by atoms with Crippen molar-refractivity contribution in [2.24, 2.45) is 5.73 Å². The van der Waals surface area contributed by atoms with Gasteiger partial charge < -0.3 is 15.4 Å². The first kappa shape index (κ1) is 14.5. The minimum absolute atomic E-state index is 0.235. The van der Waals surface area contributed by atoms with Gasteiger partial charge in [-0.1, -0.05) is 18.6 Å². The summed E-state index contributed by atoms with van der Waals surface area (Å²) in [6, 6.07) is 6.53.